The van der Waals surface area contributed by atoms with E-state index in [0.29, 0.717) is 12.4 Å². The van der Waals surface area contributed by atoms with Crippen LogP contribution >= 0.6 is 12.6 Å². The molecule has 0 saturated heterocycles. The summed E-state index contributed by atoms with van der Waals surface area (Å²) in [6, 6.07) is -0.465. The van der Waals surface area contributed by atoms with Crippen molar-refractivity contribution in [3.8, 4) is 0 Å². The first-order chi connectivity index (χ1) is 9.11. The Hall–Kier alpha value is -0.0305. The van der Waals surface area contributed by atoms with Crippen LogP contribution in [0, 0.1) is 0 Å². The summed E-state index contributed by atoms with van der Waals surface area (Å²) in [7, 11) is 0. The molecule has 0 aliphatic heterocycles. The molecule has 0 aromatic heterocycles. The monoisotopic (exact) mass is 355 g/mol. The van der Waals surface area contributed by atoms with E-state index >= 15 is 0 Å². The number of hydrogen-bond acceptors (Lipinski definition) is 5. The van der Waals surface area contributed by atoms with Crippen LogP contribution in [-0.4, -0.2) is 44.2 Å². The standard InChI is InChI=1S/C13H25NO3SSe/c1-3-4-5-6-7-8-9-17-13(16)12(10-18)14-19-11(2)15/h12,14,18H,3-10H2,1-2H3/t12-/m0/s1. The third kappa shape index (κ3) is 11.5. The number of esters is 1. The van der Waals surface area contributed by atoms with Crippen LogP contribution in [-0.2, 0) is 14.3 Å². The normalized spacial score (nSPS) is 12.2. The average Bonchev–Trinajstić information content (AvgIpc) is 2.38. The minimum absolute atomic E-state index is 0.0583. The molecular formula is C13H25NO3SSe. The Bertz CT molecular complexity index is 264. The maximum atomic E-state index is 11.7. The summed E-state index contributed by atoms with van der Waals surface area (Å²) in [4.78, 5) is 22.5. The Morgan fingerprint density at radius 2 is 1.84 bits per heavy atom. The van der Waals surface area contributed by atoms with E-state index in [0.717, 1.165) is 12.8 Å². The topological polar surface area (TPSA) is 55.4 Å². The van der Waals surface area contributed by atoms with Gasteiger partial charge in [-0.15, -0.1) is 0 Å². The first-order valence-electron chi connectivity index (χ1n) is 6.82. The van der Waals surface area contributed by atoms with Crippen LogP contribution in [0.4, 0.5) is 0 Å². The molecular weight excluding hydrogens is 329 g/mol. The van der Waals surface area contributed by atoms with Gasteiger partial charge in [0.25, 0.3) is 0 Å². The van der Waals surface area contributed by atoms with Crippen molar-refractivity contribution in [2.75, 3.05) is 12.4 Å². The predicted molar refractivity (Wildman–Crippen MR) is 81.5 cm³/mol. The quantitative estimate of drug-likeness (QED) is 0.243. The minimum atomic E-state index is -0.465. The van der Waals surface area contributed by atoms with Gasteiger partial charge in [-0.2, -0.15) is 0 Å². The number of nitrogens with one attached hydrogen (secondary N) is 1. The van der Waals surface area contributed by atoms with Crippen LogP contribution in [0.1, 0.15) is 52.4 Å². The summed E-state index contributed by atoms with van der Waals surface area (Å²) in [5.41, 5.74) is 0. The molecule has 0 fully saturated rings. The van der Waals surface area contributed by atoms with E-state index in [2.05, 4.69) is 23.9 Å². The Balaban J connectivity index is 3.61. The van der Waals surface area contributed by atoms with E-state index in [9.17, 15) is 9.59 Å². The molecule has 4 nitrogen and oxygen atoms in total. The summed E-state index contributed by atoms with van der Waals surface area (Å²) in [5, 5.41) is 0. The van der Waals surface area contributed by atoms with Gasteiger partial charge >= 0.3 is 128 Å². The van der Waals surface area contributed by atoms with E-state index in [4.69, 9.17) is 4.74 Å². The van der Waals surface area contributed by atoms with Crippen molar-refractivity contribution in [2.45, 2.75) is 58.4 Å². The molecule has 0 heterocycles. The van der Waals surface area contributed by atoms with Crippen LogP contribution in [0.25, 0.3) is 0 Å². The van der Waals surface area contributed by atoms with Gasteiger partial charge in [0.1, 0.15) is 0 Å². The van der Waals surface area contributed by atoms with E-state index < -0.39 is 6.04 Å². The van der Waals surface area contributed by atoms with Crippen molar-refractivity contribution in [1.82, 2.24) is 4.33 Å². The molecule has 0 aliphatic rings. The van der Waals surface area contributed by atoms with E-state index in [-0.39, 0.29) is 25.8 Å². The van der Waals surface area contributed by atoms with Crippen molar-refractivity contribution in [1.29, 1.82) is 0 Å². The molecule has 0 amide bonds. The van der Waals surface area contributed by atoms with Crippen LogP contribution in [0.15, 0.2) is 0 Å². The molecule has 112 valence electrons. The van der Waals surface area contributed by atoms with E-state index in [1.54, 1.807) is 0 Å². The molecule has 0 spiro atoms. The van der Waals surface area contributed by atoms with Gasteiger partial charge in [0.2, 0.25) is 0 Å². The SMILES string of the molecule is CCCCCCCCOC(=O)[C@H](CS)N[Se]C(C)=O. The van der Waals surface area contributed by atoms with Gasteiger partial charge in [-0.05, 0) is 0 Å². The second kappa shape index (κ2) is 13.0. The summed E-state index contributed by atoms with van der Waals surface area (Å²) in [5.74, 6) is 0.0522. The van der Waals surface area contributed by atoms with E-state index in [1.165, 1.54) is 32.6 Å². The molecule has 0 aliphatic carbocycles. The predicted octanol–water partition coefficient (Wildman–Crippen LogP) is 1.94. The number of hydrogen-bond donors (Lipinski definition) is 2. The second-order valence-corrected chi connectivity index (χ2v) is 6.88. The third-order valence-corrected chi connectivity index (χ3v) is 4.37. The van der Waals surface area contributed by atoms with Gasteiger partial charge in [-0.3, -0.25) is 0 Å². The number of carbonyl (C=O) groups excluding carboxylic acids is 2. The fraction of sp³-hybridized carbons (Fsp3) is 0.846. The van der Waals surface area contributed by atoms with Crippen LogP contribution in [0.2, 0.25) is 0 Å². The molecule has 0 bridgehead atoms. The molecule has 0 aromatic rings. The number of ether oxygens (including phenoxy) is 1. The molecule has 1 N–H and O–H groups in total. The number of carbonyl (C=O) groups is 2. The fourth-order valence-electron chi connectivity index (χ4n) is 1.47. The average molecular weight is 354 g/mol. The van der Waals surface area contributed by atoms with E-state index in [1.807, 2.05) is 0 Å². The number of rotatable bonds is 12. The van der Waals surface area contributed by atoms with Gasteiger partial charge in [0.05, 0.1) is 0 Å². The number of unbranched alkanes of at least 4 members (excludes halogenated alkanes) is 5. The molecule has 0 saturated carbocycles. The molecule has 6 heteroatoms. The molecule has 0 radical (unpaired) electrons. The molecule has 19 heavy (non-hydrogen) atoms. The van der Waals surface area contributed by atoms with Crippen LogP contribution < -0.4 is 4.33 Å². The van der Waals surface area contributed by atoms with Crippen molar-refractivity contribution in [3.63, 3.8) is 0 Å². The van der Waals surface area contributed by atoms with Crippen LogP contribution in [0.3, 0.4) is 0 Å². The van der Waals surface area contributed by atoms with Crippen molar-refractivity contribution in [2.24, 2.45) is 0 Å². The van der Waals surface area contributed by atoms with Crippen molar-refractivity contribution in [3.05, 3.63) is 0 Å². The molecule has 0 aromatic carbocycles. The number of thiol groups is 1. The van der Waals surface area contributed by atoms with Crippen molar-refractivity contribution < 1.29 is 14.3 Å². The summed E-state index contributed by atoms with van der Waals surface area (Å²) < 4.78 is 8.14. The van der Waals surface area contributed by atoms with Gasteiger partial charge in [0, 0.05) is 0 Å². The van der Waals surface area contributed by atoms with Gasteiger partial charge in [-0.25, -0.2) is 0 Å². The summed E-state index contributed by atoms with van der Waals surface area (Å²) in [6.45, 7) is 4.16. The maximum absolute atomic E-state index is 11.7. The molecule has 0 rings (SSSR count). The zero-order valence-electron chi connectivity index (χ0n) is 11.8. The Labute approximate surface area is 128 Å². The molecule has 1 atom stereocenters. The van der Waals surface area contributed by atoms with Gasteiger partial charge in [-0.1, -0.05) is 0 Å². The van der Waals surface area contributed by atoms with Gasteiger partial charge in [0.15, 0.2) is 0 Å². The summed E-state index contributed by atoms with van der Waals surface area (Å²) >= 11 is 3.73. The fourth-order valence-corrected chi connectivity index (χ4v) is 3.01. The van der Waals surface area contributed by atoms with Crippen molar-refractivity contribution >= 4 is 38.5 Å². The first-order valence-corrected chi connectivity index (χ1v) is 9.16. The Morgan fingerprint density at radius 3 is 2.42 bits per heavy atom. The summed E-state index contributed by atoms with van der Waals surface area (Å²) in [6.07, 6.45) is 6.98. The zero-order chi connectivity index (χ0) is 14.5. The first kappa shape index (κ1) is 19.0. The third-order valence-electron chi connectivity index (χ3n) is 2.55. The second-order valence-electron chi connectivity index (χ2n) is 4.38. The Kier molecular flexibility index (Phi) is 13.0. The molecule has 0 unspecified atom stereocenters. The van der Waals surface area contributed by atoms with Gasteiger partial charge < -0.3 is 0 Å². The van der Waals surface area contributed by atoms with Crippen LogP contribution in [0.5, 0.6) is 0 Å². The zero-order valence-corrected chi connectivity index (χ0v) is 14.4. The Morgan fingerprint density at radius 1 is 1.21 bits per heavy atom.